The van der Waals surface area contributed by atoms with Gasteiger partial charge in [0.25, 0.3) is 0 Å². The first kappa shape index (κ1) is 13.9. The van der Waals surface area contributed by atoms with Gasteiger partial charge in [0.05, 0.1) is 16.3 Å². The van der Waals surface area contributed by atoms with E-state index >= 15 is 0 Å². The van der Waals surface area contributed by atoms with Crippen molar-refractivity contribution in [1.29, 1.82) is 5.26 Å². The summed E-state index contributed by atoms with van der Waals surface area (Å²) < 4.78 is 24.6. The van der Waals surface area contributed by atoms with Gasteiger partial charge in [0.2, 0.25) is 0 Å². The number of nitriles is 1. The zero-order valence-electron chi connectivity index (χ0n) is 10.6. The molecule has 1 heterocycles. The number of benzene rings is 1. The Hall–Kier alpha value is -1.51. The number of hydrogen-bond donors (Lipinski definition) is 0. The number of hydrogen-bond acceptors (Lipinski definition) is 3. The quantitative estimate of drug-likeness (QED) is 0.875. The Kier molecular flexibility index (Phi) is 3.57. The van der Waals surface area contributed by atoms with Gasteiger partial charge in [0, 0.05) is 29.4 Å². The second-order valence-electron chi connectivity index (χ2n) is 4.64. The average Bonchev–Trinajstić information content (AvgIpc) is 2.72. The van der Waals surface area contributed by atoms with E-state index in [-0.39, 0.29) is 11.8 Å². The van der Waals surface area contributed by atoms with E-state index < -0.39 is 9.84 Å². The first-order valence-electron chi connectivity index (χ1n) is 5.70. The maximum absolute atomic E-state index is 11.4. The molecule has 0 spiro atoms. The molecule has 100 valence electrons. The zero-order chi connectivity index (χ0) is 14.2. The first-order chi connectivity index (χ1) is 8.83. The van der Waals surface area contributed by atoms with Crippen molar-refractivity contribution in [2.24, 2.45) is 0 Å². The Bertz CT molecular complexity index is 772. The van der Waals surface area contributed by atoms with Gasteiger partial charge in [-0.2, -0.15) is 5.26 Å². The van der Waals surface area contributed by atoms with Gasteiger partial charge in [0.15, 0.2) is 0 Å². The standard InChI is InChI=1S/C13H13ClN2O2S/c1-9(8-19(2,17)18)16-6-5-11-12(16)4-3-10(7-15)13(11)14/h3-6,9H,8H2,1-2H3/t9-/m0/s1. The monoisotopic (exact) mass is 296 g/mol. The number of aromatic nitrogens is 1. The van der Waals surface area contributed by atoms with Gasteiger partial charge in [-0.25, -0.2) is 8.42 Å². The molecule has 0 aliphatic heterocycles. The van der Waals surface area contributed by atoms with Gasteiger partial charge in [0.1, 0.15) is 15.9 Å². The summed E-state index contributed by atoms with van der Waals surface area (Å²) in [6.45, 7) is 1.84. The summed E-state index contributed by atoms with van der Waals surface area (Å²) in [5.74, 6) is 0.0639. The molecular weight excluding hydrogens is 284 g/mol. The van der Waals surface area contributed by atoms with Crippen LogP contribution >= 0.6 is 11.6 Å². The zero-order valence-corrected chi connectivity index (χ0v) is 12.2. The minimum absolute atomic E-state index is 0.0639. The summed E-state index contributed by atoms with van der Waals surface area (Å²) in [5.41, 5.74) is 1.25. The highest BCUT2D eigenvalue weighted by molar-refractivity contribution is 7.90. The van der Waals surface area contributed by atoms with Crippen LogP contribution in [0.4, 0.5) is 0 Å². The van der Waals surface area contributed by atoms with E-state index in [0.29, 0.717) is 10.6 Å². The van der Waals surface area contributed by atoms with Crippen LogP contribution in [0.5, 0.6) is 0 Å². The van der Waals surface area contributed by atoms with Crippen molar-refractivity contribution in [2.45, 2.75) is 13.0 Å². The van der Waals surface area contributed by atoms with Crippen LogP contribution in [0.15, 0.2) is 24.4 Å². The number of rotatable bonds is 3. The summed E-state index contributed by atoms with van der Waals surface area (Å²) in [6, 6.07) is 7.08. The Morgan fingerprint density at radius 2 is 2.11 bits per heavy atom. The van der Waals surface area contributed by atoms with Crippen LogP contribution in [0.25, 0.3) is 10.9 Å². The number of halogens is 1. The molecule has 0 aliphatic carbocycles. The minimum Gasteiger partial charge on any atom is -0.344 e. The Balaban J connectivity index is 2.53. The van der Waals surface area contributed by atoms with Crippen molar-refractivity contribution in [3.05, 3.63) is 35.0 Å². The van der Waals surface area contributed by atoms with E-state index in [0.717, 1.165) is 10.9 Å². The van der Waals surface area contributed by atoms with Crippen LogP contribution in [0, 0.1) is 11.3 Å². The lowest BCUT2D eigenvalue weighted by atomic mass is 10.1. The fourth-order valence-corrected chi connectivity index (χ4v) is 3.49. The highest BCUT2D eigenvalue weighted by atomic mass is 35.5. The van der Waals surface area contributed by atoms with E-state index in [4.69, 9.17) is 16.9 Å². The van der Waals surface area contributed by atoms with Crippen molar-refractivity contribution in [3.8, 4) is 6.07 Å². The summed E-state index contributed by atoms with van der Waals surface area (Å²) in [4.78, 5) is 0. The topological polar surface area (TPSA) is 62.9 Å². The fourth-order valence-electron chi connectivity index (χ4n) is 2.19. The maximum Gasteiger partial charge on any atom is 0.149 e. The molecule has 0 radical (unpaired) electrons. The Morgan fingerprint density at radius 1 is 1.42 bits per heavy atom. The third-order valence-electron chi connectivity index (χ3n) is 2.98. The molecule has 0 amide bonds. The molecule has 0 fully saturated rings. The smallest absolute Gasteiger partial charge is 0.149 e. The molecule has 0 saturated carbocycles. The minimum atomic E-state index is -3.05. The van der Waals surface area contributed by atoms with E-state index in [1.165, 1.54) is 6.26 Å². The Labute approximate surface area is 117 Å². The molecule has 4 nitrogen and oxygen atoms in total. The molecule has 1 atom stereocenters. The van der Waals surface area contributed by atoms with Crippen LogP contribution in [0.2, 0.25) is 5.02 Å². The molecule has 0 N–H and O–H groups in total. The second kappa shape index (κ2) is 4.87. The van der Waals surface area contributed by atoms with Crippen LogP contribution in [0.1, 0.15) is 18.5 Å². The maximum atomic E-state index is 11.4. The van der Waals surface area contributed by atoms with Crippen molar-refractivity contribution in [1.82, 2.24) is 4.57 Å². The third kappa shape index (κ3) is 2.75. The predicted octanol–water partition coefficient (Wildman–Crippen LogP) is 2.77. The summed E-state index contributed by atoms with van der Waals surface area (Å²) >= 11 is 6.14. The lowest BCUT2D eigenvalue weighted by Crippen LogP contribution is -2.15. The molecule has 1 aromatic carbocycles. The second-order valence-corrected chi connectivity index (χ2v) is 7.20. The van der Waals surface area contributed by atoms with Gasteiger partial charge >= 0.3 is 0 Å². The molecule has 6 heteroatoms. The van der Waals surface area contributed by atoms with Gasteiger partial charge in [-0.3, -0.25) is 0 Å². The van der Waals surface area contributed by atoms with Crippen LogP contribution in [0.3, 0.4) is 0 Å². The molecular formula is C13H13ClN2O2S. The highest BCUT2D eigenvalue weighted by Gasteiger charge is 2.16. The number of sulfone groups is 1. The highest BCUT2D eigenvalue weighted by Crippen LogP contribution is 2.29. The Morgan fingerprint density at radius 3 is 2.68 bits per heavy atom. The fraction of sp³-hybridized carbons (Fsp3) is 0.308. The van der Waals surface area contributed by atoms with Crippen LogP contribution < -0.4 is 0 Å². The van der Waals surface area contributed by atoms with Crippen LogP contribution in [-0.2, 0) is 9.84 Å². The molecule has 2 rings (SSSR count). The largest absolute Gasteiger partial charge is 0.344 e. The summed E-state index contributed by atoms with van der Waals surface area (Å²) in [5, 5.41) is 10.1. The SMILES string of the molecule is C[C@@H](CS(C)(=O)=O)n1ccc2c(Cl)c(C#N)ccc21. The molecule has 0 saturated heterocycles. The molecule has 0 bridgehead atoms. The lowest BCUT2D eigenvalue weighted by molar-refractivity contribution is 0.570. The van der Waals surface area contributed by atoms with Gasteiger partial charge in [-0.1, -0.05) is 11.6 Å². The van der Waals surface area contributed by atoms with E-state index in [2.05, 4.69) is 0 Å². The summed E-state index contributed by atoms with van der Waals surface area (Å²) in [7, 11) is -3.05. The number of fused-ring (bicyclic) bond motifs is 1. The van der Waals surface area contributed by atoms with Crippen molar-refractivity contribution >= 4 is 32.3 Å². The normalized spacial score (nSPS) is 13.4. The van der Waals surface area contributed by atoms with Gasteiger partial charge < -0.3 is 4.57 Å². The summed E-state index contributed by atoms with van der Waals surface area (Å²) in [6.07, 6.45) is 3.02. The van der Waals surface area contributed by atoms with Crippen LogP contribution in [-0.4, -0.2) is 25.0 Å². The molecule has 1 aromatic heterocycles. The van der Waals surface area contributed by atoms with Crippen molar-refractivity contribution < 1.29 is 8.42 Å². The molecule has 0 aliphatic rings. The van der Waals surface area contributed by atoms with Crippen molar-refractivity contribution in [2.75, 3.05) is 12.0 Å². The lowest BCUT2D eigenvalue weighted by Gasteiger charge is -2.14. The molecule has 2 aromatic rings. The van der Waals surface area contributed by atoms with Gasteiger partial charge in [-0.05, 0) is 25.1 Å². The number of nitrogens with zero attached hydrogens (tertiary/aromatic N) is 2. The van der Waals surface area contributed by atoms with E-state index in [9.17, 15) is 8.42 Å². The third-order valence-corrected chi connectivity index (χ3v) is 4.47. The van der Waals surface area contributed by atoms with Crippen molar-refractivity contribution in [3.63, 3.8) is 0 Å². The molecule has 0 unspecified atom stereocenters. The molecule has 19 heavy (non-hydrogen) atoms. The van der Waals surface area contributed by atoms with E-state index in [1.807, 2.05) is 17.6 Å². The van der Waals surface area contributed by atoms with E-state index in [1.54, 1.807) is 24.4 Å². The average molecular weight is 297 g/mol. The first-order valence-corrected chi connectivity index (χ1v) is 8.14. The predicted molar refractivity (Wildman–Crippen MR) is 76.1 cm³/mol. The van der Waals surface area contributed by atoms with Gasteiger partial charge in [-0.15, -0.1) is 0 Å².